The molecule has 10 heteroatoms. The number of carbonyl (C=O) groups excluding carboxylic acids is 2. The number of nitrogens with two attached hydrogens (primary N) is 1. The molecule has 0 amide bonds. The Labute approximate surface area is 285 Å². The molecule has 2 aliphatic carbocycles. The van der Waals surface area contributed by atoms with Crippen molar-refractivity contribution in [1.29, 1.82) is 0 Å². The first kappa shape index (κ1) is 32.2. The van der Waals surface area contributed by atoms with Crippen LogP contribution in [0, 0.1) is 11.8 Å². The van der Waals surface area contributed by atoms with E-state index >= 15 is 0 Å². The van der Waals surface area contributed by atoms with Crippen LogP contribution >= 0.6 is 21.6 Å². The molecule has 3 aliphatic heterocycles. The number of rotatable bonds is 3. The summed E-state index contributed by atoms with van der Waals surface area (Å²) in [6.07, 6.45) is 17.2. The van der Waals surface area contributed by atoms with E-state index in [-0.39, 0.29) is 40.4 Å². The second-order valence-electron chi connectivity index (χ2n) is 13.6. The van der Waals surface area contributed by atoms with Crippen LogP contribution in [0.5, 0.6) is 11.5 Å². The summed E-state index contributed by atoms with van der Waals surface area (Å²) in [4.78, 5) is 34.2. The van der Waals surface area contributed by atoms with Gasteiger partial charge in [0.15, 0.2) is 17.3 Å². The first-order valence-corrected chi connectivity index (χ1v) is 19.3. The number of nitrogen functional groups attached to an aromatic ring is 1. The lowest BCUT2D eigenvalue weighted by Gasteiger charge is -2.51. The van der Waals surface area contributed by atoms with E-state index < -0.39 is 0 Å². The maximum Gasteiger partial charge on any atom is 0.166 e. The molecule has 0 radical (unpaired) electrons. The number of phenols is 1. The van der Waals surface area contributed by atoms with Gasteiger partial charge < -0.3 is 25.8 Å². The van der Waals surface area contributed by atoms with Crippen molar-refractivity contribution in [3.05, 3.63) is 76.3 Å². The molecule has 4 N–H and O–H groups in total. The van der Waals surface area contributed by atoms with Gasteiger partial charge in [0.05, 0.1) is 36.7 Å². The molecule has 5 unspecified atom stereocenters. The number of fused-ring (bicyclic) bond motifs is 11. The van der Waals surface area contributed by atoms with Crippen molar-refractivity contribution < 1.29 is 19.4 Å². The normalized spacial score (nSPS) is 29.2. The summed E-state index contributed by atoms with van der Waals surface area (Å²) in [6.45, 7) is 2.96. The van der Waals surface area contributed by atoms with Crippen LogP contribution in [0.25, 0.3) is 6.08 Å². The van der Waals surface area contributed by atoms with Crippen LogP contribution < -0.4 is 15.8 Å². The molecule has 1 aromatic heterocycles. The van der Waals surface area contributed by atoms with E-state index in [1.165, 1.54) is 12.8 Å². The number of Topliss-reactive ketones (excluding diaryl/α,β-unsaturated/α-hetero) is 2. The highest BCUT2D eigenvalue weighted by molar-refractivity contribution is 8.76. The van der Waals surface area contributed by atoms with Crippen molar-refractivity contribution in [2.45, 2.75) is 81.4 Å². The molecule has 0 spiro atoms. The molecule has 4 bridgehead atoms. The van der Waals surface area contributed by atoms with E-state index in [1.807, 2.05) is 33.9 Å². The summed E-state index contributed by atoms with van der Waals surface area (Å²) >= 11 is 0. The minimum Gasteiger partial charge on any atom is -0.504 e. The van der Waals surface area contributed by atoms with Crippen LogP contribution in [-0.4, -0.2) is 51.6 Å². The summed E-state index contributed by atoms with van der Waals surface area (Å²) in [7, 11) is 5.33. The third-order valence-corrected chi connectivity index (χ3v) is 14.0. The Bertz CT molecular complexity index is 1670. The van der Waals surface area contributed by atoms with E-state index in [0.717, 1.165) is 66.8 Å². The number of nitrogens with zero attached hydrogens (tertiary/aromatic N) is 2. The third-order valence-electron chi connectivity index (χ3n) is 11.0. The van der Waals surface area contributed by atoms with Gasteiger partial charge in [0, 0.05) is 42.0 Å². The number of carbonyl (C=O) groups is 2. The average Bonchev–Trinajstić information content (AvgIpc) is 3.69. The van der Waals surface area contributed by atoms with Crippen LogP contribution in [0.3, 0.4) is 0 Å². The van der Waals surface area contributed by atoms with Gasteiger partial charge in [0.25, 0.3) is 0 Å². The number of pyridine rings is 1. The zero-order valence-electron chi connectivity index (χ0n) is 27.2. The lowest BCUT2D eigenvalue weighted by molar-refractivity contribution is -0.125. The van der Waals surface area contributed by atoms with Crippen molar-refractivity contribution in [2.24, 2.45) is 11.8 Å². The Hall–Kier alpha value is -3.37. The molecule has 1 fully saturated rings. The number of aromatic nitrogens is 1. The van der Waals surface area contributed by atoms with Crippen molar-refractivity contribution in [3.8, 4) is 11.5 Å². The van der Waals surface area contributed by atoms with E-state index in [2.05, 4.69) is 41.6 Å². The Morgan fingerprint density at radius 3 is 2.87 bits per heavy atom. The fourth-order valence-corrected chi connectivity index (χ4v) is 12.1. The minimum absolute atomic E-state index is 0.00431. The van der Waals surface area contributed by atoms with Crippen LogP contribution in [0.2, 0.25) is 0 Å². The largest absolute Gasteiger partial charge is 0.504 e. The standard InChI is InChI=1S/C37H44N4O4S2/c1-3-22-6-10-28(42)16-32(43)23-7-11-29(30-17-33(44)34(45-2)15-24(30)13-23)25-14-31(36(38)40-18-25)35(47-46-20-22)37-12-4-5-26(37)8-9-27-19-39-21-41(27)37/h8-9,13-15,17-19,22,26,29,35,39,44H,3-7,10-12,16,20-21H2,1-2H3,(H2,38,40). The number of ketones is 2. The number of nitrogens with one attached hydrogen (secondary N) is 1. The van der Waals surface area contributed by atoms with E-state index in [1.54, 1.807) is 12.1 Å². The molecule has 1 saturated carbocycles. The van der Waals surface area contributed by atoms with Gasteiger partial charge in [-0.2, -0.15) is 0 Å². The Kier molecular flexibility index (Phi) is 9.09. The smallest absolute Gasteiger partial charge is 0.166 e. The molecule has 47 heavy (non-hydrogen) atoms. The zero-order chi connectivity index (χ0) is 32.7. The Morgan fingerprint density at radius 2 is 2.04 bits per heavy atom. The van der Waals surface area contributed by atoms with Gasteiger partial charge in [-0.3, -0.25) is 9.59 Å². The predicted molar refractivity (Wildman–Crippen MR) is 190 cm³/mol. The average molecular weight is 673 g/mol. The molecule has 5 atom stereocenters. The van der Waals surface area contributed by atoms with Crippen LogP contribution in [0.15, 0.2) is 54.0 Å². The second kappa shape index (κ2) is 13.3. The SMILES string of the molecule is CCC1CCC(=O)CC(=O)C2=Cc3cc(OC)c(O)cc3C(CC2)c2cnc(N)c(c2)C(C23CCCC2C=CC2=CNCN23)SSC1. The molecular weight excluding hydrogens is 629 g/mol. The fourth-order valence-electron chi connectivity index (χ4n) is 8.40. The van der Waals surface area contributed by atoms with Crippen LogP contribution in [0.4, 0.5) is 5.82 Å². The summed E-state index contributed by atoms with van der Waals surface area (Å²) < 4.78 is 5.47. The number of methoxy groups -OCH3 is 1. The summed E-state index contributed by atoms with van der Waals surface area (Å²) in [5.74, 6) is 2.38. The zero-order valence-corrected chi connectivity index (χ0v) is 28.8. The van der Waals surface area contributed by atoms with Gasteiger partial charge in [0.1, 0.15) is 11.6 Å². The van der Waals surface area contributed by atoms with Gasteiger partial charge >= 0.3 is 0 Å². The summed E-state index contributed by atoms with van der Waals surface area (Å²) in [5.41, 5.74) is 12.4. The van der Waals surface area contributed by atoms with E-state index in [4.69, 9.17) is 15.5 Å². The maximum atomic E-state index is 13.6. The van der Waals surface area contributed by atoms with Gasteiger partial charge in [-0.05, 0) is 90.6 Å². The highest BCUT2D eigenvalue weighted by Crippen LogP contribution is 2.60. The second-order valence-corrected chi connectivity index (χ2v) is 16.1. The molecule has 2 aromatic rings. The Morgan fingerprint density at radius 1 is 1.17 bits per heavy atom. The molecule has 0 saturated heterocycles. The molecule has 1 aromatic carbocycles. The Balaban J connectivity index is 1.38. The lowest BCUT2D eigenvalue weighted by atomic mass is 9.76. The number of ether oxygens (including phenoxy) is 1. The lowest BCUT2D eigenvalue weighted by Crippen LogP contribution is -2.55. The molecule has 4 heterocycles. The number of phenolic OH excluding ortho intramolecular Hbond substituents is 1. The van der Waals surface area contributed by atoms with Gasteiger partial charge in [-0.25, -0.2) is 4.98 Å². The molecule has 248 valence electrons. The predicted octanol–water partition coefficient (Wildman–Crippen LogP) is 7.27. The first-order valence-electron chi connectivity index (χ1n) is 16.9. The van der Waals surface area contributed by atoms with Gasteiger partial charge in [-0.15, -0.1) is 0 Å². The minimum atomic E-state index is -0.162. The first-order chi connectivity index (χ1) is 22.8. The number of hydrogen-bond donors (Lipinski definition) is 3. The highest BCUT2D eigenvalue weighted by Gasteiger charge is 2.55. The van der Waals surface area contributed by atoms with Crippen LogP contribution in [0.1, 0.15) is 98.1 Å². The molecule has 7 rings (SSSR count). The number of aromatic hydroxyl groups is 1. The molecular formula is C37H44N4O4S2. The van der Waals surface area contributed by atoms with Crippen molar-refractivity contribution in [1.82, 2.24) is 15.2 Å². The summed E-state index contributed by atoms with van der Waals surface area (Å²) in [6, 6.07) is 5.82. The highest BCUT2D eigenvalue weighted by atomic mass is 33.1. The van der Waals surface area contributed by atoms with Crippen LogP contribution in [-0.2, 0) is 9.59 Å². The quantitative estimate of drug-likeness (QED) is 0.227. The number of anilines is 1. The number of benzene rings is 1. The van der Waals surface area contributed by atoms with Crippen molar-refractivity contribution in [3.63, 3.8) is 0 Å². The summed E-state index contributed by atoms with van der Waals surface area (Å²) in [5, 5.41) is 14.5. The third kappa shape index (κ3) is 5.86. The molecule has 8 nitrogen and oxygen atoms in total. The monoisotopic (exact) mass is 672 g/mol. The topological polar surface area (TPSA) is 118 Å². The van der Waals surface area contributed by atoms with Gasteiger partial charge in [-0.1, -0.05) is 47.4 Å². The van der Waals surface area contributed by atoms with E-state index in [0.29, 0.717) is 48.2 Å². The van der Waals surface area contributed by atoms with E-state index in [9.17, 15) is 14.7 Å². The molecule has 5 aliphatic rings. The van der Waals surface area contributed by atoms with Crippen molar-refractivity contribution >= 4 is 45.0 Å². The fraction of sp³-hybridized carbons (Fsp3) is 0.486. The maximum absolute atomic E-state index is 13.6. The van der Waals surface area contributed by atoms with Gasteiger partial charge in [0.2, 0.25) is 0 Å². The number of hydrogen-bond acceptors (Lipinski definition) is 10. The van der Waals surface area contributed by atoms with Crippen molar-refractivity contribution in [2.75, 3.05) is 25.3 Å². The number of allylic oxidation sites excluding steroid dienone is 2.